The summed E-state index contributed by atoms with van der Waals surface area (Å²) in [6, 6.07) is 0. The molecule has 0 aliphatic heterocycles. The molecule has 1 saturated carbocycles. The summed E-state index contributed by atoms with van der Waals surface area (Å²) < 4.78 is 5.27. The Balaban J connectivity index is 2.21. The van der Waals surface area contributed by atoms with Crippen LogP contribution in [-0.2, 0) is 9.53 Å². The maximum absolute atomic E-state index is 10.7. The van der Waals surface area contributed by atoms with Gasteiger partial charge in [0.05, 0.1) is 6.10 Å². The normalized spacial score (nSPS) is 46.6. The van der Waals surface area contributed by atoms with Crippen molar-refractivity contribution in [2.75, 3.05) is 7.11 Å². The molecule has 4 unspecified atom stereocenters. The summed E-state index contributed by atoms with van der Waals surface area (Å²) in [7, 11) is 1.69. The maximum Gasteiger partial charge on any atom is 0.126 e. The average Bonchev–Trinajstić information content (AvgIpc) is 2.60. The Kier molecular flexibility index (Phi) is 1.57. The molecule has 0 heterocycles. The molecule has 11 heavy (non-hydrogen) atoms. The smallest absolute Gasteiger partial charge is 0.126 e. The van der Waals surface area contributed by atoms with Gasteiger partial charge in [-0.2, -0.15) is 0 Å². The van der Waals surface area contributed by atoms with E-state index in [0.29, 0.717) is 11.8 Å². The van der Waals surface area contributed by atoms with Crippen LogP contribution >= 0.6 is 0 Å². The van der Waals surface area contributed by atoms with Crippen LogP contribution in [0.25, 0.3) is 0 Å². The molecule has 0 aromatic rings. The number of hydrogen-bond acceptors (Lipinski definition) is 2. The molecule has 0 saturated heterocycles. The number of rotatable bonds is 2. The second-order valence-corrected chi connectivity index (χ2v) is 3.36. The molecule has 0 aromatic heterocycles. The molecule has 0 radical (unpaired) electrons. The van der Waals surface area contributed by atoms with Crippen molar-refractivity contribution < 1.29 is 9.53 Å². The van der Waals surface area contributed by atoms with Crippen LogP contribution in [-0.4, -0.2) is 19.5 Å². The summed E-state index contributed by atoms with van der Waals surface area (Å²) in [5.74, 6) is 1.08. The lowest BCUT2D eigenvalue weighted by Crippen LogP contribution is -2.27. The van der Waals surface area contributed by atoms with Crippen LogP contribution in [0.1, 0.15) is 6.42 Å². The molecule has 2 aliphatic rings. The Bertz CT molecular complexity index is 198. The Morgan fingerprint density at radius 2 is 2.18 bits per heavy atom. The van der Waals surface area contributed by atoms with E-state index in [2.05, 4.69) is 12.2 Å². The zero-order chi connectivity index (χ0) is 7.84. The summed E-state index contributed by atoms with van der Waals surface area (Å²) in [4.78, 5) is 10.7. The monoisotopic (exact) mass is 152 g/mol. The van der Waals surface area contributed by atoms with E-state index in [1.54, 1.807) is 7.11 Å². The van der Waals surface area contributed by atoms with Crippen molar-refractivity contribution >= 4 is 6.29 Å². The first-order valence-corrected chi connectivity index (χ1v) is 4.03. The fraction of sp³-hybridized carbons (Fsp3) is 0.667. The SMILES string of the molecule is COC1C2C=CC(C2)C1C=O. The van der Waals surface area contributed by atoms with Crippen molar-refractivity contribution in [2.24, 2.45) is 17.8 Å². The van der Waals surface area contributed by atoms with Gasteiger partial charge in [-0.1, -0.05) is 12.2 Å². The van der Waals surface area contributed by atoms with E-state index in [-0.39, 0.29) is 12.0 Å². The third-order valence-corrected chi connectivity index (χ3v) is 2.87. The highest BCUT2D eigenvalue weighted by molar-refractivity contribution is 5.58. The van der Waals surface area contributed by atoms with Gasteiger partial charge in [0.15, 0.2) is 0 Å². The molecule has 2 rings (SSSR count). The van der Waals surface area contributed by atoms with Crippen LogP contribution in [0.4, 0.5) is 0 Å². The van der Waals surface area contributed by atoms with E-state index in [9.17, 15) is 4.79 Å². The molecular weight excluding hydrogens is 140 g/mol. The van der Waals surface area contributed by atoms with Gasteiger partial charge in [-0.25, -0.2) is 0 Å². The Morgan fingerprint density at radius 1 is 1.45 bits per heavy atom. The molecule has 2 bridgehead atoms. The number of allylic oxidation sites excluding steroid dienone is 1. The predicted octanol–water partition coefficient (Wildman–Crippen LogP) is 1.02. The number of carbonyl (C=O) groups is 1. The largest absolute Gasteiger partial charge is 0.380 e. The van der Waals surface area contributed by atoms with E-state index in [1.807, 2.05) is 0 Å². The molecule has 2 aliphatic carbocycles. The van der Waals surface area contributed by atoms with Crippen molar-refractivity contribution in [3.05, 3.63) is 12.2 Å². The van der Waals surface area contributed by atoms with E-state index >= 15 is 0 Å². The molecule has 2 heteroatoms. The first-order chi connectivity index (χ1) is 5.36. The maximum atomic E-state index is 10.7. The Labute approximate surface area is 66.2 Å². The number of methoxy groups -OCH3 is 1. The van der Waals surface area contributed by atoms with Crippen LogP contribution in [0, 0.1) is 17.8 Å². The topological polar surface area (TPSA) is 26.3 Å². The average molecular weight is 152 g/mol. The van der Waals surface area contributed by atoms with Gasteiger partial charge in [0.1, 0.15) is 6.29 Å². The second-order valence-electron chi connectivity index (χ2n) is 3.36. The molecule has 1 fully saturated rings. The third kappa shape index (κ3) is 0.857. The van der Waals surface area contributed by atoms with Crippen LogP contribution in [0.2, 0.25) is 0 Å². The number of aldehydes is 1. The number of hydrogen-bond donors (Lipinski definition) is 0. The first kappa shape index (κ1) is 7.04. The third-order valence-electron chi connectivity index (χ3n) is 2.87. The van der Waals surface area contributed by atoms with Gasteiger partial charge >= 0.3 is 0 Å². The summed E-state index contributed by atoms with van der Waals surface area (Å²) in [6.45, 7) is 0. The lowest BCUT2D eigenvalue weighted by atomic mass is 9.92. The van der Waals surface area contributed by atoms with Crippen molar-refractivity contribution in [3.63, 3.8) is 0 Å². The highest BCUT2D eigenvalue weighted by Gasteiger charge is 2.44. The molecule has 0 spiro atoms. The van der Waals surface area contributed by atoms with E-state index < -0.39 is 0 Å². The summed E-state index contributed by atoms with van der Waals surface area (Å²) in [5.41, 5.74) is 0. The highest BCUT2D eigenvalue weighted by atomic mass is 16.5. The van der Waals surface area contributed by atoms with Gasteiger partial charge in [-0.15, -0.1) is 0 Å². The predicted molar refractivity (Wildman–Crippen MR) is 41.1 cm³/mol. The van der Waals surface area contributed by atoms with Crippen LogP contribution in [0.3, 0.4) is 0 Å². The van der Waals surface area contributed by atoms with Crippen LogP contribution < -0.4 is 0 Å². The standard InChI is InChI=1S/C9H12O2/c1-11-9-7-3-2-6(4-7)8(9)5-10/h2-3,5-9H,4H2,1H3. The number of ether oxygens (including phenoxy) is 1. The molecule has 4 atom stereocenters. The zero-order valence-electron chi connectivity index (χ0n) is 6.57. The molecule has 60 valence electrons. The highest BCUT2D eigenvalue weighted by Crippen LogP contribution is 2.43. The van der Waals surface area contributed by atoms with Crippen molar-refractivity contribution in [1.29, 1.82) is 0 Å². The van der Waals surface area contributed by atoms with Crippen LogP contribution in [0.5, 0.6) is 0 Å². The van der Waals surface area contributed by atoms with Gasteiger partial charge in [0, 0.05) is 18.9 Å². The number of carbonyl (C=O) groups excluding carboxylic acids is 1. The minimum absolute atomic E-state index is 0.120. The minimum atomic E-state index is 0.120. The van der Waals surface area contributed by atoms with Gasteiger partial charge < -0.3 is 9.53 Å². The fourth-order valence-corrected chi connectivity index (χ4v) is 2.33. The van der Waals surface area contributed by atoms with E-state index in [4.69, 9.17) is 4.74 Å². The van der Waals surface area contributed by atoms with Gasteiger partial charge in [-0.3, -0.25) is 0 Å². The first-order valence-electron chi connectivity index (χ1n) is 4.03. The summed E-state index contributed by atoms with van der Waals surface area (Å²) in [6.07, 6.45) is 6.64. The molecule has 0 N–H and O–H groups in total. The van der Waals surface area contributed by atoms with Crippen molar-refractivity contribution in [3.8, 4) is 0 Å². The molecular formula is C9H12O2. The molecule has 0 aromatic carbocycles. The van der Waals surface area contributed by atoms with E-state index in [0.717, 1.165) is 12.7 Å². The van der Waals surface area contributed by atoms with Crippen LogP contribution in [0.15, 0.2) is 12.2 Å². The number of fused-ring (bicyclic) bond motifs is 2. The fourth-order valence-electron chi connectivity index (χ4n) is 2.33. The Hall–Kier alpha value is -0.630. The molecule has 0 amide bonds. The molecule has 2 nitrogen and oxygen atoms in total. The van der Waals surface area contributed by atoms with Gasteiger partial charge in [-0.05, 0) is 12.3 Å². The van der Waals surface area contributed by atoms with Crippen molar-refractivity contribution in [2.45, 2.75) is 12.5 Å². The lowest BCUT2D eigenvalue weighted by molar-refractivity contribution is -0.115. The van der Waals surface area contributed by atoms with Gasteiger partial charge in [0.2, 0.25) is 0 Å². The quantitative estimate of drug-likeness (QED) is 0.436. The van der Waals surface area contributed by atoms with E-state index in [1.165, 1.54) is 0 Å². The summed E-state index contributed by atoms with van der Waals surface area (Å²) in [5, 5.41) is 0. The lowest BCUT2D eigenvalue weighted by Gasteiger charge is -2.21. The zero-order valence-corrected chi connectivity index (χ0v) is 6.57. The van der Waals surface area contributed by atoms with Crippen molar-refractivity contribution in [1.82, 2.24) is 0 Å². The van der Waals surface area contributed by atoms with Gasteiger partial charge in [0.25, 0.3) is 0 Å². The summed E-state index contributed by atoms with van der Waals surface area (Å²) >= 11 is 0. The minimum Gasteiger partial charge on any atom is -0.380 e. The second kappa shape index (κ2) is 2.45. The Morgan fingerprint density at radius 3 is 2.73 bits per heavy atom.